The fourth-order valence-electron chi connectivity index (χ4n) is 2.66. The van der Waals surface area contributed by atoms with Crippen LogP contribution in [-0.4, -0.2) is 18.4 Å². The molecule has 0 heterocycles. The molecule has 31 heavy (non-hydrogen) atoms. The molecule has 0 aliphatic carbocycles. The molecule has 0 fully saturated rings. The molecule has 3 rings (SSSR count). The van der Waals surface area contributed by atoms with E-state index in [1.807, 2.05) is 0 Å². The maximum Gasteiger partial charge on any atom is 0.254 e. The number of rotatable bonds is 8. The van der Waals surface area contributed by atoms with Gasteiger partial charge in [-0.3, -0.25) is 9.59 Å². The zero-order chi connectivity index (χ0) is 22.2. The molecule has 0 unspecified atom stereocenters. The van der Waals surface area contributed by atoms with Gasteiger partial charge in [0.2, 0.25) is 5.91 Å². The zero-order valence-corrected chi connectivity index (χ0v) is 16.3. The molecule has 0 spiro atoms. The first-order chi connectivity index (χ1) is 14.9. The van der Waals surface area contributed by atoms with Gasteiger partial charge >= 0.3 is 0 Å². The van der Waals surface area contributed by atoms with Gasteiger partial charge in [0.1, 0.15) is 29.0 Å². The number of ether oxygens (including phenoxy) is 1. The van der Waals surface area contributed by atoms with Crippen LogP contribution in [0.2, 0.25) is 0 Å². The van der Waals surface area contributed by atoms with Crippen molar-refractivity contribution < 1.29 is 27.5 Å². The molecular formula is C23H19F3N2O3. The van der Waals surface area contributed by atoms with E-state index < -0.39 is 17.5 Å². The first kappa shape index (κ1) is 21.9. The Morgan fingerprint density at radius 1 is 0.774 bits per heavy atom. The number of amides is 2. The van der Waals surface area contributed by atoms with Crippen molar-refractivity contribution in [3.05, 3.63) is 95.3 Å². The highest BCUT2D eigenvalue weighted by molar-refractivity contribution is 5.94. The molecule has 0 aromatic heterocycles. The third-order valence-corrected chi connectivity index (χ3v) is 4.28. The number of nitrogens with one attached hydrogen (secondary N) is 2. The van der Waals surface area contributed by atoms with Gasteiger partial charge < -0.3 is 15.4 Å². The Hall–Kier alpha value is -3.81. The quantitative estimate of drug-likeness (QED) is 0.561. The van der Waals surface area contributed by atoms with Crippen LogP contribution in [0, 0.1) is 17.5 Å². The van der Waals surface area contributed by atoms with E-state index >= 15 is 0 Å². The van der Waals surface area contributed by atoms with E-state index in [4.69, 9.17) is 4.74 Å². The maximum absolute atomic E-state index is 13.6. The predicted molar refractivity (Wildman–Crippen MR) is 108 cm³/mol. The van der Waals surface area contributed by atoms with Crippen molar-refractivity contribution in [2.45, 2.75) is 13.0 Å². The summed E-state index contributed by atoms with van der Waals surface area (Å²) >= 11 is 0. The molecule has 0 saturated heterocycles. The van der Waals surface area contributed by atoms with Gasteiger partial charge in [-0.15, -0.1) is 0 Å². The van der Waals surface area contributed by atoms with Crippen molar-refractivity contribution in [3.8, 4) is 11.5 Å². The zero-order valence-electron chi connectivity index (χ0n) is 16.3. The monoisotopic (exact) mass is 428 g/mol. The van der Waals surface area contributed by atoms with Crippen LogP contribution in [0.3, 0.4) is 0 Å². The number of carbonyl (C=O) groups is 2. The lowest BCUT2D eigenvalue weighted by Crippen LogP contribution is -2.31. The van der Waals surface area contributed by atoms with Gasteiger partial charge in [-0.05, 0) is 54.1 Å². The van der Waals surface area contributed by atoms with Gasteiger partial charge in [-0.25, -0.2) is 13.2 Å². The second-order valence-electron chi connectivity index (χ2n) is 6.61. The minimum absolute atomic E-state index is 0.000313. The van der Waals surface area contributed by atoms with E-state index in [0.717, 1.165) is 17.7 Å². The second-order valence-corrected chi connectivity index (χ2v) is 6.61. The van der Waals surface area contributed by atoms with Gasteiger partial charge in [-0.2, -0.15) is 0 Å². The summed E-state index contributed by atoms with van der Waals surface area (Å²) in [5.74, 6) is -2.03. The average Bonchev–Trinajstić information content (AvgIpc) is 2.75. The van der Waals surface area contributed by atoms with Crippen LogP contribution in [0.5, 0.6) is 11.5 Å². The number of hydrogen-bond donors (Lipinski definition) is 2. The van der Waals surface area contributed by atoms with Crippen molar-refractivity contribution in [2.75, 3.05) is 6.54 Å². The summed E-state index contributed by atoms with van der Waals surface area (Å²) in [5, 5.41) is 5.13. The Labute approximate surface area is 176 Å². The molecule has 0 radical (unpaired) electrons. The highest BCUT2D eigenvalue weighted by Crippen LogP contribution is 2.21. The number of benzene rings is 3. The van der Waals surface area contributed by atoms with E-state index in [2.05, 4.69) is 10.6 Å². The first-order valence-electron chi connectivity index (χ1n) is 9.43. The van der Waals surface area contributed by atoms with Crippen LogP contribution >= 0.6 is 0 Å². The van der Waals surface area contributed by atoms with Crippen LogP contribution in [0.1, 0.15) is 22.3 Å². The SMILES string of the molecule is O=C(CCNC(=O)c1ccc(F)cc1F)NCc1ccc(Oc2ccc(F)cc2)cc1. The number of carbonyl (C=O) groups excluding carboxylic acids is 2. The summed E-state index contributed by atoms with van der Waals surface area (Å²) in [6.07, 6.45) is 0.000313. The average molecular weight is 428 g/mol. The van der Waals surface area contributed by atoms with Gasteiger partial charge in [0.25, 0.3) is 5.91 Å². The first-order valence-corrected chi connectivity index (χ1v) is 9.43. The largest absolute Gasteiger partial charge is 0.457 e. The summed E-state index contributed by atoms with van der Waals surface area (Å²) in [7, 11) is 0. The van der Waals surface area contributed by atoms with Crippen LogP contribution in [0.4, 0.5) is 13.2 Å². The van der Waals surface area contributed by atoms with E-state index in [9.17, 15) is 22.8 Å². The fraction of sp³-hybridized carbons (Fsp3) is 0.130. The van der Waals surface area contributed by atoms with Crippen LogP contribution in [-0.2, 0) is 11.3 Å². The molecule has 5 nitrogen and oxygen atoms in total. The Morgan fingerprint density at radius 2 is 1.39 bits per heavy atom. The van der Waals surface area contributed by atoms with Gasteiger partial charge in [0.15, 0.2) is 0 Å². The van der Waals surface area contributed by atoms with E-state index in [0.29, 0.717) is 17.6 Å². The molecule has 3 aromatic carbocycles. The third kappa shape index (κ3) is 6.60. The van der Waals surface area contributed by atoms with Crippen molar-refractivity contribution in [1.82, 2.24) is 10.6 Å². The van der Waals surface area contributed by atoms with Crippen LogP contribution in [0.15, 0.2) is 66.7 Å². The molecule has 3 aromatic rings. The van der Waals surface area contributed by atoms with Gasteiger partial charge in [0, 0.05) is 25.6 Å². The van der Waals surface area contributed by atoms with Crippen molar-refractivity contribution in [1.29, 1.82) is 0 Å². The summed E-state index contributed by atoms with van der Waals surface area (Å²) in [6.45, 7) is 0.280. The predicted octanol–water partition coefficient (Wildman–Crippen LogP) is 4.33. The van der Waals surface area contributed by atoms with Crippen molar-refractivity contribution >= 4 is 11.8 Å². The highest BCUT2D eigenvalue weighted by Gasteiger charge is 2.12. The lowest BCUT2D eigenvalue weighted by Gasteiger charge is -2.09. The van der Waals surface area contributed by atoms with Crippen LogP contribution < -0.4 is 15.4 Å². The molecule has 2 amide bonds. The lowest BCUT2D eigenvalue weighted by molar-refractivity contribution is -0.121. The van der Waals surface area contributed by atoms with E-state index in [1.54, 1.807) is 24.3 Å². The Morgan fingerprint density at radius 3 is 2.03 bits per heavy atom. The Bertz CT molecular complexity index is 1050. The molecule has 8 heteroatoms. The Kier molecular flexibility index (Phi) is 7.26. The topological polar surface area (TPSA) is 67.4 Å². The minimum Gasteiger partial charge on any atom is -0.457 e. The lowest BCUT2D eigenvalue weighted by atomic mass is 10.2. The van der Waals surface area contributed by atoms with Crippen molar-refractivity contribution in [2.24, 2.45) is 0 Å². The van der Waals surface area contributed by atoms with Gasteiger partial charge in [0.05, 0.1) is 5.56 Å². The summed E-state index contributed by atoms with van der Waals surface area (Å²) in [6, 6.07) is 15.3. The van der Waals surface area contributed by atoms with E-state index in [1.165, 1.54) is 24.3 Å². The standard InChI is InChI=1S/C23H19F3N2O3/c24-16-3-8-19(9-4-16)31-18-6-1-15(2-7-18)14-28-22(29)11-12-27-23(30)20-10-5-17(25)13-21(20)26/h1-10,13H,11-12,14H2,(H,27,30)(H,28,29). The molecule has 0 aliphatic rings. The maximum atomic E-state index is 13.6. The highest BCUT2D eigenvalue weighted by atomic mass is 19.1. The second kappa shape index (κ2) is 10.3. The third-order valence-electron chi connectivity index (χ3n) is 4.28. The molecule has 160 valence electrons. The summed E-state index contributed by atoms with van der Waals surface area (Å²) in [5.41, 5.74) is 0.543. The molecule has 2 N–H and O–H groups in total. The van der Waals surface area contributed by atoms with Crippen molar-refractivity contribution in [3.63, 3.8) is 0 Å². The van der Waals surface area contributed by atoms with Crippen LogP contribution in [0.25, 0.3) is 0 Å². The summed E-state index contributed by atoms with van der Waals surface area (Å²) < 4.78 is 45.0. The fourth-order valence-corrected chi connectivity index (χ4v) is 2.66. The Balaban J connectivity index is 1.40. The van der Waals surface area contributed by atoms with E-state index in [-0.39, 0.29) is 36.8 Å². The molecule has 0 atom stereocenters. The molecular weight excluding hydrogens is 409 g/mol. The summed E-state index contributed by atoms with van der Waals surface area (Å²) in [4.78, 5) is 23.8. The molecule has 0 saturated carbocycles. The smallest absolute Gasteiger partial charge is 0.254 e. The van der Waals surface area contributed by atoms with Gasteiger partial charge in [-0.1, -0.05) is 12.1 Å². The number of hydrogen-bond acceptors (Lipinski definition) is 3. The normalized spacial score (nSPS) is 10.4. The number of halogens is 3. The molecule has 0 bridgehead atoms. The minimum atomic E-state index is -0.964. The molecule has 0 aliphatic heterocycles.